The van der Waals surface area contributed by atoms with Crippen molar-refractivity contribution in [3.05, 3.63) is 93.9 Å². The van der Waals surface area contributed by atoms with E-state index in [9.17, 15) is 0 Å². The lowest BCUT2D eigenvalue weighted by atomic mass is 9.76. The van der Waals surface area contributed by atoms with Gasteiger partial charge in [0.25, 0.3) is 5.54 Å². The molecule has 2 fully saturated rings. The minimum absolute atomic E-state index is 0.0549. The standard InChI is InChI=1S/C16H16ClN3O.C16H20ClN3O/c1-18-16(7-9-20(2)10-8-16)14-11-21-15(19-14)12-3-5-13(17)6-4-12;1-20-8-6-16(11-18,7-9-20)14-10-21-15(19-14)12-2-4-13(17)5-3-12/h3-6,11H,7-10H2,2H3;2-5,10H,6-9,11,18H2,1H3. The highest BCUT2D eigenvalue weighted by molar-refractivity contribution is 6.30. The Morgan fingerprint density at radius 3 is 1.64 bits per heavy atom. The van der Waals surface area contributed by atoms with E-state index in [0.29, 0.717) is 28.4 Å². The zero-order valence-electron chi connectivity index (χ0n) is 24.0. The number of hydrogen-bond acceptors (Lipinski definition) is 7. The highest BCUT2D eigenvalue weighted by Gasteiger charge is 2.44. The molecule has 0 bridgehead atoms. The van der Waals surface area contributed by atoms with Crippen molar-refractivity contribution in [2.24, 2.45) is 5.73 Å². The predicted octanol–water partition coefficient (Wildman–Crippen LogP) is 6.75. The van der Waals surface area contributed by atoms with Crippen LogP contribution in [0.3, 0.4) is 0 Å². The third-order valence-corrected chi connectivity index (χ3v) is 9.08. The molecule has 2 aliphatic rings. The monoisotopic (exact) mass is 606 g/mol. The first-order valence-electron chi connectivity index (χ1n) is 14.2. The molecule has 220 valence electrons. The molecule has 42 heavy (non-hydrogen) atoms. The summed E-state index contributed by atoms with van der Waals surface area (Å²) < 4.78 is 11.3. The second kappa shape index (κ2) is 13.0. The van der Waals surface area contributed by atoms with E-state index in [1.807, 2.05) is 36.4 Å². The van der Waals surface area contributed by atoms with E-state index in [4.69, 9.17) is 49.3 Å². The van der Waals surface area contributed by atoms with Crippen LogP contribution in [-0.4, -0.2) is 66.6 Å². The normalized spacial score (nSPS) is 18.6. The molecule has 0 saturated carbocycles. The average molecular weight is 608 g/mol. The Morgan fingerprint density at radius 1 is 0.762 bits per heavy atom. The Labute approximate surface area is 257 Å². The van der Waals surface area contributed by atoms with Crippen LogP contribution in [0.5, 0.6) is 0 Å². The van der Waals surface area contributed by atoms with Crippen molar-refractivity contribution in [1.82, 2.24) is 19.8 Å². The van der Waals surface area contributed by atoms with Gasteiger partial charge in [-0.2, -0.15) is 0 Å². The number of nitrogens with zero attached hydrogens (tertiary/aromatic N) is 5. The van der Waals surface area contributed by atoms with E-state index in [-0.39, 0.29) is 5.41 Å². The van der Waals surface area contributed by atoms with Gasteiger partial charge >= 0.3 is 0 Å². The van der Waals surface area contributed by atoms with E-state index in [0.717, 1.165) is 74.4 Å². The summed E-state index contributed by atoms with van der Waals surface area (Å²) in [5.41, 5.74) is 9.00. The number of aromatic nitrogens is 2. The van der Waals surface area contributed by atoms with Crippen molar-refractivity contribution in [1.29, 1.82) is 0 Å². The van der Waals surface area contributed by atoms with E-state index < -0.39 is 5.54 Å². The van der Waals surface area contributed by atoms with E-state index in [2.05, 4.69) is 33.7 Å². The Balaban J connectivity index is 0.000000168. The first kappa shape index (κ1) is 30.3. The number of likely N-dealkylation sites (tertiary alicyclic amines) is 2. The van der Waals surface area contributed by atoms with Crippen LogP contribution < -0.4 is 5.73 Å². The summed E-state index contributed by atoms with van der Waals surface area (Å²) >= 11 is 11.8. The second-order valence-corrected chi connectivity index (χ2v) is 12.2. The summed E-state index contributed by atoms with van der Waals surface area (Å²) in [5, 5.41) is 1.39. The lowest BCUT2D eigenvalue weighted by Gasteiger charge is -2.38. The predicted molar refractivity (Wildman–Crippen MR) is 166 cm³/mol. The fourth-order valence-electron chi connectivity index (χ4n) is 5.48. The highest BCUT2D eigenvalue weighted by Crippen LogP contribution is 2.38. The SMILES string of the molecule is CN1CCC(CN)(c2coc(-c3ccc(Cl)cc3)n2)CC1.[C-]#[N+]C1(c2coc(-c3ccc(Cl)cc3)n2)CCN(C)CC1. The van der Waals surface area contributed by atoms with E-state index >= 15 is 0 Å². The average Bonchev–Trinajstić information content (AvgIpc) is 3.72. The molecular weight excluding hydrogens is 571 g/mol. The molecule has 4 aromatic rings. The van der Waals surface area contributed by atoms with Crippen LogP contribution in [0, 0.1) is 6.57 Å². The van der Waals surface area contributed by atoms with Crippen LogP contribution in [0.2, 0.25) is 10.0 Å². The van der Waals surface area contributed by atoms with E-state index in [1.165, 1.54) is 0 Å². The minimum atomic E-state index is -0.541. The number of piperidine rings is 2. The van der Waals surface area contributed by atoms with Crippen LogP contribution in [-0.2, 0) is 11.0 Å². The molecule has 2 aromatic heterocycles. The molecule has 2 saturated heterocycles. The minimum Gasteiger partial charge on any atom is -0.444 e. The lowest BCUT2D eigenvalue weighted by Crippen LogP contribution is -2.45. The quantitative estimate of drug-likeness (QED) is 0.251. The highest BCUT2D eigenvalue weighted by atomic mass is 35.5. The molecular formula is C32H36Cl2N6O2. The summed E-state index contributed by atoms with van der Waals surface area (Å²) in [5.74, 6) is 1.18. The summed E-state index contributed by atoms with van der Waals surface area (Å²) in [6.45, 7) is 12.1. The number of hydrogen-bond donors (Lipinski definition) is 1. The topological polar surface area (TPSA) is 88.9 Å². The maximum atomic E-state index is 7.60. The van der Waals surface area contributed by atoms with Gasteiger partial charge in [-0.3, -0.25) is 0 Å². The third kappa shape index (κ3) is 6.56. The van der Waals surface area contributed by atoms with Crippen molar-refractivity contribution in [2.75, 3.05) is 46.8 Å². The molecule has 0 unspecified atom stereocenters. The molecule has 0 atom stereocenters. The molecule has 0 radical (unpaired) electrons. The zero-order chi connectivity index (χ0) is 29.7. The molecule has 8 nitrogen and oxygen atoms in total. The van der Waals surface area contributed by atoms with Crippen LogP contribution in [0.4, 0.5) is 0 Å². The summed E-state index contributed by atoms with van der Waals surface area (Å²) in [4.78, 5) is 17.7. The van der Waals surface area contributed by atoms with E-state index in [1.54, 1.807) is 24.7 Å². The zero-order valence-corrected chi connectivity index (χ0v) is 25.5. The Morgan fingerprint density at radius 2 is 1.19 bits per heavy atom. The summed E-state index contributed by atoms with van der Waals surface area (Å²) in [6.07, 6.45) is 7.02. The fraction of sp³-hybridized carbons (Fsp3) is 0.406. The number of rotatable bonds is 5. The largest absolute Gasteiger partial charge is 0.444 e. The molecule has 10 heteroatoms. The summed E-state index contributed by atoms with van der Waals surface area (Å²) in [7, 11) is 4.22. The molecule has 2 aliphatic heterocycles. The van der Waals surface area contributed by atoms with Crippen LogP contribution in [0.15, 0.2) is 69.9 Å². The van der Waals surface area contributed by atoms with Gasteiger partial charge in [-0.25, -0.2) is 16.5 Å². The summed E-state index contributed by atoms with van der Waals surface area (Å²) in [6, 6.07) is 14.9. The molecule has 0 spiro atoms. The lowest BCUT2D eigenvalue weighted by molar-refractivity contribution is 0.188. The van der Waals surface area contributed by atoms with Gasteiger partial charge in [-0.15, -0.1) is 0 Å². The van der Waals surface area contributed by atoms with Crippen molar-refractivity contribution in [2.45, 2.75) is 36.6 Å². The smallest absolute Gasteiger partial charge is 0.279 e. The van der Waals surface area contributed by atoms with Gasteiger partial charge in [-0.1, -0.05) is 23.2 Å². The molecule has 2 aromatic carbocycles. The molecule has 0 amide bonds. The van der Waals surface area contributed by atoms with Crippen molar-refractivity contribution >= 4 is 23.2 Å². The Kier molecular flexibility index (Phi) is 9.36. The first-order chi connectivity index (χ1) is 20.3. The molecule has 4 heterocycles. The van der Waals surface area contributed by atoms with Gasteiger partial charge in [0.15, 0.2) is 5.69 Å². The van der Waals surface area contributed by atoms with Gasteiger partial charge in [0.2, 0.25) is 11.8 Å². The van der Waals surface area contributed by atoms with Crippen LogP contribution in [0.25, 0.3) is 27.8 Å². The fourth-order valence-corrected chi connectivity index (χ4v) is 5.73. The number of benzene rings is 2. The van der Waals surface area contributed by atoms with Crippen LogP contribution in [0.1, 0.15) is 37.1 Å². The van der Waals surface area contributed by atoms with Crippen molar-refractivity contribution in [3.8, 4) is 22.9 Å². The van der Waals surface area contributed by atoms with Gasteiger partial charge in [-0.05, 0) is 88.6 Å². The van der Waals surface area contributed by atoms with Gasteiger partial charge < -0.3 is 29.2 Å². The number of halogens is 2. The van der Waals surface area contributed by atoms with Crippen molar-refractivity contribution in [3.63, 3.8) is 0 Å². The van der Waals surface area contributed by atoms with Gasteiger partial charge in [0, 0.05) is 59.1 Å². The Bertz CT molecular complexity index is 1490. The first-order valence-corrected chi connectivity index (χ1v) is 14.9. The third-order valence-electron chi connectivity index (χ3n) is 8.57. The Hall–Kier alpha value is -3.19. The van der Waals surface area contributed by atoms with Crippen LogP contribution >= 0.6 is 23.2 Å². The molecule has 6 rings (SSSR count). The number of oxazole rings is 2. The second-order valence-electron chi connectivity index (χ2n) is 11.3. The molecule has 2 N–H and O–H groups in total. The number of nitrogens with two attached hydrogens (primary N) is 1. The van der Waals surface area contributed by atoms with Gasteiger partial charge in [0.1, 0.15) is 12.5 Å². The maximum absolute atomic E-state index is 7.60. The maximum Gasteiger partial charge on any atom is 0.279 e. The molecule has 0 aliphatic carbocycles. The van der Waals surface area contributed by atoms with Gasteiger partial charge in [0.05, 0.1) is 5.69 Å². The van der Waals surface area contributed by atoms with Crippen molar-refractivity contribution < 1.29 is 8.83 Å².